The smallest absolute Gasteiger partial charge is 0.420 e. The first kappa shape index (κ1) is 19.9. The number of nitrogens with one attached hydrogen (secondary N) is 1. The Labute approximate surface area is 154 Å². The number of β-amino-alcohol motifs (C(OH)–C–C–N with tert-alkyl or cyclic N) is 1. The fraction of sp³-hybridized carbons (Fsp3) is 0.467. The molecule has 2 fully saturated rings. The predicted molar refractivity (Wildman–Crippen MR) is 83.2 cm³/mol. The molecule has 3 N–H and O–H groups in total. The van der Waals surface area contributed by atoms with Gasteiger partial charge in [0.2, 0.25) is 0 Å². The highest BCUT2D eigenvalue weighted by atomic mass is 19.4. The molecule has 2 amide bonds. The molecule has 0 unspecified atom stereocenters. The van der Waals surface area contributed by atoms with E-state index < -0.39 is 60.5 Å². The van der Waals surface area contributed by atoms with Gasteiger partial charge in [-0.2, -0.15) is 13.2 Å². The Morgan fingerprint density at radius 2 is 1.86 bits per heavy atom. The summed E-state index contributed by atoms with van der Waals surface area (Å²) in [6.07, 6.45) is -8.12. The number of cyclic esters (lactones) is 1. The number of alkyl halides is 3. The number of ether oxygens (including phenoxy) is 1. The van der Waals surface area contributed by atoms with Gasteiger partial charge < -0.3 is 25.2 Å². The SMILES string of the molecule is O=C(O)NC[C@H]1CN(c2cc(F)c(N3CC(O)(C(F)(F)F)C3)c(F)c2)C(=O)O1. The van der Waals surface area contributed by atoms with E-state index in [1.165, 1.54) is 0 Å². The van der Waals surface area contributed by atoms with Crippen LogP contribution in [0.4, 0.5) is 42.9 Å². The van der Waals surface area contributed by atoms with E-state index in [4.69, 9.17) is 9.84 Å². The van der Waals surface area contributed by atoms with E-state index in [-0.39, 0.29) is 18.8 Å². The fourth-order valence-electron chi connectivity index (χ4n) is 2.97. The molecule has 0 radical (unpaired) electrons. The summed E-state index contributed by atoms with van der Waals surface area (Å²) in [5, 5.41) is 20.0. The zero-order valence-electron chi connectivity index (χ0n) is 14.0. The van der Waals surface area contributed by atoms with Gasteiger partial charge in [-0.3, -0.25) is 4.90 Å². The second-order valence-corrected chi connectivity index (χ2v) is 6.45. The Morgan fingerprint density at radius 3 is 2.36 bits per heavy atom. The number of amides is 2. The van der Waals surface area contributed by atoms with Crippen molar-refractivity contribution in [3.8, 4) is 0 Å². The van der Waals surface area contributed by atoms with Crippen LogP contribution in [0.25, 0.3) is 0 Å². The van der Waals surface area contributed by atoms with Crippen molar-refractivity contribution in [3.05, 3.63) is 23.8 Å². The van der Waals surface area contributed by atoms with E-state index >= 15 is 0 Å². The number of hydrogen-bond acceptors (Lipinski definition) is 5. The van der Waals surface area contributed by atoms with Crippen LogP contribution in [0.3, 0.4) is 0 Å². The first-order valence-corrected chi connectivity index (χ1v) is 7.89. The van der Waals surface area contributed by atoms with Crippen molar-refractivity contribution in [2.24, 2.45) is 0 Å². The number of aliphatic hydroxyl groups is 1. The highest BCUT2D eigenvalue weighted by Gasteiger charge is 2.61. The number of carboxylic acid groups (broad SMARTS) is 1. The van der Waals surface area contributed by atoms with Crippen LogP contribution >= 0.6 is 0 Å². The third kappa shape index (κ3) is 3.48. The van der Waals surface area contributed by atoms with E-state index in [1.54, 1.807) is 0 Å². The lowest BCUT2D eigenvalue weighted by molar-refractivity contribution is -0.267. The van der Waals surface area contributed by atoms with Crippen LogP contribution in [0.5, 0.6) is 0 Å². The van der Waals surface area contributed by atoms with Gasteiger partial charge in [0.05, 0.1) is 31.9 Å². The first-order valence-electron chi connectivity index (χ1n) is 7.89. The van der Waals surface area contributed by atoms with Crippen molar-refractivity contribution >= 4 is 23.6 Å². The van der Waals surface area contributed by atoms with Crippen molar-refractivity contribution < 1.29 is 46.5 Å². The van der Waals surface area contributed by atoms with Crippen molar-refractivity contribution in [2.45, 2.75) is 17.9 Å². The number of anilines is 2. The zero-order chi connectivity index (χ0) is 20.9. The lowest BCUT2D eigenvalue weighted by Crippen LogP contribution is -2.69. The molecule has 2 heterocycles. The molecular weight excluding hydrogens is 397 g/mol. The lowest BCUT2D eigenvalue weighted by Gasteiger charge is -2.48. The minimum atomic E-state index is -4.94. The van der Waals surface area contributed by atoms with Crippen molar-refractivity contribution in [2.75, 3.05) is 36.0 Å². The van der Waals surface area contributed by atoms with Crippen LogP contribution in [0.1, 0.15) is 0 Å². The van der Waals surface area contributed by atoms with E-state index in [9.17, 15) is 36.6 Å². The number of benzene rings is 1. The Balaban J connectivity index is 1.75. The number of hydrogen-bond donors (Lipinski definition) is 3. The van der Waals surface area contributed by atoms with Gasteiger partial charge in [0.15, 0.2) is 17.2 Å². The highest BCUT2D eigenvalue weighted by molar-refractivity contribution is 5.90. The Bertz CT molecular complexity index is 789. The summed E-state index contributed by atoms with van der Waals surface area (Å²) in [5.74, 6) is -2.45. The van der Waals surface area contributed by atoms with Gasteiger partial charge >= 0.3 is 18.4 Å². The topological polar surface area (TPSA) is 102 Å². The monoisotopic (exact) mass is 411 g/mol. The molecule has 0 spiro atoms. The molecule has 13 heteroatoms. The molecule has 154 valence electrons. The van der Waals surface area contributed by atoms with Crippen LogP contribution in [0, 0.1) is 11.6 Å². The van der Waals surface area contributed by atoms with Crippen LogP contribution in [-0.2, 0) is 4.74 Å². The number of nitrogens with zero attached hydrogens (tertiary/aromatic N) is 2. The van der Waals surface area contributed by atoms with E-state index in [0.717, 1.165) is 17.0 Å². The van der Waals surface area contributed by atoms with Gasteiger partial charge in [-0.25, -0.2) is 18.4 Å². The quantitative estimate of drug-likeness (QED) is 0.652. The van der Waals surface area contributed by atoms with Crippen LogP contribution < -0.4 is 15.1 Å². The summed E-state index contributed by atoms with van der Waals surface area (Å²) in [6.45, 7) is -2.48. The molecule has 0 aromatic heterocycles. The number of carbonyl (C=O) groups excluding carboxylic acids is 1. The zero-order valence-corrected chi connectivity index (χ0v) is 14.0. The highest BCUT2D eigenvalue weighted by Crippen LogP contribution is 2.42. The minimum absolute atomic E-state index is 0.186. The number of halogens is 5. The largest absolute Gasteiger partial charge is 0.465 e. The van der Waals surface area contributed by atoms with Gasteiger partial charge in [-0.05, 0) is 0 Å². The second kappa shape index (κ2) is 6.65. The van der Waals surface area contributed by atoms with E-state index in [0.29, 0.717) is 4.90 Å². The van der Waals surface area contributed by atoms with Crippen LogP contribution in [-0.4, -0.2) is 66.5 Å². The molecule has 2 aliphatic rings. The maximum atomic E-state index is 14.3. The predicted octanol–water partition coefficient (Wildman–Crippen LogP) is 1.67. The van der Waals surface area contributed by atoms with Crippen molar-refractivity contribution in [1.82, 2.24) is 5.32 Å². The molecule has 0 bridgehead atoms. The number of rotatable bonds is 4. The third-order valence-corrected chi connectivity index (χ3v) is 4.42. The van der Waals surface area contributed by atoms with Gasteiger partial charge in [0, 0.05) is 12.1 Å². The van der Waals surface area contributed by atoms with Gasteiger partial charge in [-0.1, -0.05) is 0 Å². The van der Waals surface area contributed by atoms with Gasteiger partial charge in [-0.15, -0.1) is 0 Å². The van der Waals surface area contributed by atoms with E-state index in [1.807, 2.05) is 5.32 Å². The summed E-state index contributed by atoms with van der Waals surface area (Å²) in [4.78, 5) is 23.9. The average molecular weight is 411 g/mol. The van der Waals surface area contributed by atoms with Crippen LogP contribution in [0.2, 0.25) is 0 Å². The Hall–Kier alpha value is -2.83. The van der Waals surface area contributed by atoms with E-state index in [2.05, 4.69) is 0 Å². The summed E-state index contributed by atoms with van der Waals surface area (Å²) in [5.41, 5.74) is -4.05. The lowest BCUT2D eigenvalue weighted by atomic mass is 9.92. The average Bonchev–Trinajstić information content (AvgIpc) is 2.90. The summed E-state index contributed by atoms with van der Waals surface area (Å²) in [7, 11) is 0. The molecule has 1 atom stereocenters. The van der Waals surface area contributed by atoms with Gasteiger partial charge in [0.25, 0.3) is 0 Å². The standard InChI is InChI=1S/C15H14F5N3O5/c16-9-1-7(23-4-8(28-13(23)26)3-21-12(24)25)2-10(17)11(9)22-5-14(27,6-22)15(18,19)20/h1-2,8,21,27H,3-6H2,(H,24,25)/t8-/m0/s1. The molecule has 1 aromatic carbocycles. The summed E-state index contributed by atoms with van der Waals surface area (Å²) < 4.78 is 71.6. The molecule has 3 rings (SSSR count). The third-order valence-electron chi connectivity index (χ3n) is 4.42. The Morgan fingerprint density at radius 1 is 1.29 bits per heavy atom. The normalized spacial score (nSPS) is 21.4. The number of carbonyl (C=O) groups is 2. The summed E-state index contributed by atoms with van der Waals surface area (Å²) >= 11 is 0. The maximum absolute atomic E-state index is 14.3. The molecule has 1 aromatic rings. The van der Waals surface area contributed by atoms with Crippen molar-refractivity contribution in [1.29, 1.82) is 0 Å². The second-order valence-electron chi connectivity index (χ2n) is 6.45. The molecule has 0 saturated carbocycles. The first-order chi connectivity index (χ1) is 12.9. The summed E-state index contributed by atoms with van der Waals surface area (Å²) in [6, 6.07) is 1.50. The van der Waals surface area contributed by atoms with Gasteiger partial charge in [0.1, 0.15) is 11.8 Å². The minimum Gasteiger partial charge on any atom is -0.465 e. The maximum Gasteiger partial charge on any atom is 0.420 e. The molecule has 8 nitrogen and oxygen atoms in total. The molecule has 28 heavy (non-hydrogen) atoms. The van der Waals surface area contributed by atoms with Crippen molar-refractivity contribution in [3.63, 3.8) is 0 Å². The fourth-order valence-corrected chi connectivity index (χ4v) is 2.97. The molecule has 2 saturated heterocycles. The molecule has 0 aliphatic carbocycles. The molecule has 2 aliphatic heterocycles. The van der Waals surface area contributed by atoms with Crippen LogP contribution in [0.15, 0.2) is 12.1 Å². The molecular formula is C15H14F5N3O5. The Kier molecular flexibility index (Phi) is 4.73.